The molecular formula is C24H22ClN3O. The van der Waals surface area contributed by atoms with Gasteiger partial charge in [-0.3, -0.25) is 9.78 Å². The van der Waals surface area contributed by atoms with Gasteiger partial charge in [0.1, 0.15) is 0 Å². The largest absolute Gasteiger partial charge is 0.352 e. The zero-order valence-electron chi connectivity index (χ0n) is 16.2. The van der Waals surface area contributed by atoms with E-state index in [0.717, 1.165) is 44.7 Å². The van der Waals surface area contributed by atoms with Gasteiger partial charge in [0.05, 0.1) is 5.56 Å². The summed E-state index contributed by atoms with van der Waals surface area (Å²) in [6.07, 6.45) is 4.33. The molecule has 5 heteroatoms. The van der Waals surface area contributed by atoms with Gasteiger partial charge in [0.25, 0.3) is 5.91 Å². The molecule has 0 aliphatic heterocycles. The third-order valence-electron chi connectivity index (χ3n) is 5.13. The van der Waals surface area contributed by atoms with E-state index in [1.54, 1.807) is 6.20 Å². The molecule has 4 nitrogen and oxygen atoms in total. The number of hydrogen-bond donors (Lipinski definition) is 1. The maximum absolute atomic E-state index is 13.0. The highest BCUT2D eigenvalue weighted by molar-refractivity contribution is 6.30. The minimum atomic E-state index is -0.0440. The average Bonchev–Trinajstić information content (AvgIpc) is 3.02. The number of amides is 1. The van der Waals surface area contributed by atoms with Crippen molar-refractivity contribution in [3.05, 3.63) is 100 Å². The summed E-state index contributed by atoms with van der Waals surface area (Å²) in [4.78, 5) is 17.1. The van der Waals surface area contributed by atoms with E-state index in [-0.39, 0.29) is 5.91 Å². The maximum atomic E-state index is 13.0. The number of carbonyl (C=O) groups excluding carboxylic acids is 1. The van der Waals surface area contributed by atoms with Gasteiger partial charge in [-0.25, -0.2) is 0 Å². The van der Waals surface area contributed by atoms with Crippen LogP contribution >= 0.6 is 11.6 Å². The highest BCUT2D eigenvalue weighted by atomic mass is 35.5. The summed E-state index contributed by atoms with van der Waals surface area (Å²) >= 11 is 6.02. The first kappa shape index (κ1) is 19.2. The zero-order valence-corrected chi connectivity index (χ0v) is 17.0. The van der Waals surface area contributed by atoms with Crippen molar-refractivity contribution < 1.29 is 4.79 Å². The highest BCUT2D eigenvalue weighted by Gasteiger charge is 2.19. The number of nitrogens with one attached hydrogen (secondary N) is 1. The van der Waals surface area contributed by atoms with E-state index in [1.807, 2.05) is 67.7 Å². The molecule has 0 aliphatic carbocycles. The van der Waals surface area contributed by atoms with Crippen molar-refractivity contribution in [1.29, 1.82) is 0 Å². The van der Waals surface area contributed by atoms with E-state index >= 15 is 0 Å². The van der Waals surface area contributed by atoms with Gasteiger partial charge < -0.3 is 9.88 Å². The highest BCUT2D eigenvalue weighted by Crippen LogP contribution is 2.27. The second-order valence-corrected chi connectivity index (χ2v) is 7.49. The number of rotatable bonds is 6. The van der Waals surface area contributed by atoms with Crippen LogP contribution in [0.1, 0.15) is 27.2 Å². The molecule has 2 heterocycles. The van der Waals surface area contributed by atoms with Crippen LogP contribution in [0.4, 0.5) is 0 Å². The Kier molecular flexibility index (Phi) is 5.63. The molecule has 4 rings (SSSR count). The average molecular weight is 404 g/mol. The van der Waals surface area contributed by atoms with Gasteiger partial charge in [-0.05, 0) is 48.7 Å². The van der Waals surface area contributed by atoms with Gasteiger partial charge in [-0.2, -0.15) is 0 Å². The van der Waals surface area contributed by atoms with Gasteiger partial charge in [-0.1, -0.05) is 48.0 Å². The number of benzene rings is 2. The van der Waals surface area contributed by atoms with Gasteiger partial charge in [0.15, 0.2) is 0 Å². The first-order valence-electron chi connectivity index (χ1n) is 9.63. The fraction of sp³-hybridized carbons (Fsp3) is 0.167. The van der Waals surface area contributed by atoms with Crippen molar-refractivity contribution in [1.82, 2.24) is 14.9 Å². The Morgan fingerprint density at radius 3 is 2.59 bits per heavy atom. The van der Waals surface area contributed by atoms with Crippen LogP contribution in [-0.4, -0.2) is 22.0 Å². The molecule has 0 fully saturated rings. The Bertz CT molecular complexity index is 1130. The first-order valence-corrected chi connectivity index (χ1v) is 10.0. The van der Waals surface area contributed by atoms with Gasteiger partial charge >= 0.3 is 0 Å². The number of carbonyl (C=O) groups is 1. The minimum Gasteiger partial charge on any atom is -0.352 e. The summed E-state index contributed by atoms with van der Waals surface area (Å²) in [6.45, 7) is 3.26. The van der Waals surface area contributed by atoms with Crippen molar-refractivity contribution in [2.24, 2.45) is 0 Å². The van der Waals surface area contributed by atoms with Crippen molar-refractivity contribution in [3.63, 3.8) is 0 Å². The molecule has 0 radical (unpaired) electrons. The van der Waals surface area contributed by atoms with Crippen LogP contribution in [-0.2, 0) is 13.0 Å². The molecule has 0 bridgehead atoms. The van der Waals surface area contributed by atoms with E-state index in [0.29, 0.717) is 13.1 Å². The number of aromatic nitrogens is 2. The molecular weight excluding hydrogens is 382 g/mol. The standard InChI is InChI=1S/C24H22ClN3O/c1-17-23(24(29)27-14-12-18-5-4-13-26-15-18)21-6-2-3-7-22(21)28(17)16-19-8-10-20(25)11-9-19/h2-11,13,15H,12,14,16H2,1H3,(H,27,29). The van der Waals surface area contributed by atoms with Crippen molar-refractivity contribution in [2.45, 2.75) is 19.9 Å². The Morgan fingerprint density at radius 1 is 1.03 bits per heavy atom. The fourth-order valence-corrected chi connectivity index (χ4v) is 3.77. The number of nitrogens with zero attached hydrogens (tertiary/aromatic N) is 2. The van der Waals surface area contributed by atoms with E-state index in [4.69, 9.17) is 11.6 Å². The molecule has 4 aromatic rings. The molecule has 1 amide bonds. The van der Waals surface area contributed by atoms with Crippen LogP contribution in [0.25, 0.3) is 10.9 Å². The van der Waals surface area contributed by atoms with Crippen LogP contribution in [0, 0.1) is 6.92 Å². The van der Waals surface area contributed by atoms with Crippen molar-refractivity contribution in [3.8, 4) is 0 Å². The summed E-state index contributed by atoms with van der Waals surface area (Å²) < 4.78 is 2.19. The monoisotopic (exact) mass is 403 g/mol. The predicted molar refractivity (Wildman–Crippen MR) is 118 cm³/mol. The van der Waals surface area contributed by atoms with Gasteiger partial charge in [-0.15, -0.1) is 0 Å². The quantitative estimate of drug-likeness (QED) is 0.491. The lowest BCUT2D eigenvalue weighted by atomic mass is 10.1. The third kappa shape index (κ3) is 4.17. The Labute approximate surface area is 175 Å². The molecule has 0 saturated heterocycles. The van der Waals surface area contributed by atoms with Crippen LogP contribution in [0.15, 0.2) is 73.1 Å². The lowest BCUT2D eigenvalue weighted by molar-refractivity contribution is 0.0955. The Hall–Kier alpha value is -3.11. The lowest BCUT2D eigenvalue weighted by Crippen LogP contribution is -2.26. The summed E-state index contributed by atoms with van der Waals surface area (Å²) in [5.74, 6) is -0.0440. The smallest absolute Gasteiger partial charge is 0.253 e. The van der Waals surface area contributed by atoms with Crippen LogP contribution in [0.3, 0.4) is 0 Å². The van der Waals surface area contributed by atoms with Gasteiger partial charge in [0, 0.05) is 47.1 Å². The van der Waals surface area contributed by atoms with E-state index in [1.165, 1.54) is 0 Å². The molecule has 2 aromatic heterocycles. The number of halogens is 1. The Balaban J connectivity index is 1.59. The third-order valence-corrected chi connectivity index (χ3v) is 5.39. The molecule has 29 heavy (non-hydrogen) atoms. The minimum absolute atomic E-state index is 0.0440. The second-order valence-electron chi connectivity index (χ2n) is 7.06. The molecule has 0 aliphatic rings. The summed E-state index contributed by atoms with van der Waals surface area (Å²) in [7, 11) is 0. The number of pyridine rings is 1. The lowest BCUT2D eigenvalue weighted by Gasteiger charge is -2.10. The second kappa shape index (κ2) is 8.50. The molecule has 146 valence electrons. The number of hydrogen-bond acceptors (Lipinski definition) is 2. The molecule has 1 N–H and O–H groups in total. The summed E-state index contributed by atoms with van der Waals surface area (Å²) in [5.41, 5.74) is 5.00. The summed E-state index contributed by atoms with van der Waals surface area (Å²) in [5, 5.41) is 4.76. The SMILES string of the molecule is Cc1c(C(=O)NCCc2cccnc2)c2ccccc2n1Cc1ccc(Cl)cc1. The van der Waals surface area contributed by atoms with Crippen LogP contribution < -0.4 is 5.32 Å². The van der Waals surface area contributed by atoms with Crippen LogP contribution in [0.5, 0.6) is 0 Å². The Morgan fingerprint density at radius 2 is 1.83 bits per heavy atom. The van der Waals surface area contributed by atoms with Crippen molar-refractivity contribution >= 4 is 28.4 Å². The van der Waals surface area contributed by atoms with Crippen LogP contribution in [0.2, 0.25) is 5.02 Å². The van der Waals surface area contributed by atoms with Gasteiger partial charge in [0.2, 0.25) is 0 Å². The number of para-hydroxylation sites is 1. The fourth-order valence-electron chi connectivity index (χ4n) is 3.65. The summed E-state index contributed by atoms with van der Waals surface area (Å²) in [6, 6.07) is 19.8. The molecule has 0 atom stereocenters. The molecule has 0 spiro atoms. The zero-order chi connectivity index (χ0) is 20.2. The topological polar surface area (TPSA) is 46.9 Å². The van der Waals surface area contributed by atoms with E-state index < -0.39 is 0 Å². The molecule has 0 unspecified atom stereocenters. The maximum Gasteiger partial charge on any atom is 0.253 e. The molecule has 0 saturated carbocycles. The first-order chi connectivity index (χ1) is 14.1. The van der Waals surface area contributed by atoms with E-state index in [2.05, 4.69) is 20.9 Å². The van der Waals surface area contributed by atoms with Crippen molar-refractivity contribution in [2.75, 3.05) is 6.54 Å². The van der Waals surface area contributed by atoms with E-state index in [9.17, 15) is 4.79 Å². The number of fused-ring (bicyclic) bond motifs is 1. The molecule has 2 aromatic carbocycles. The normalized spacial score (nSPS) is 11.0. The predicted octanol–water partition coefficient (Wildman–Crippen LogP) is 5.02.